The molecule has 0 radical (unpaired) electrons. The minimum Gasteiger partial charge on any atom is -0.480 e. The van der Waals surface area contributed by atoms with Gasteiger partial charge in [-0.05, 0) is 66.5 Å². The molecule has 1 N–H and O–H groups in total. The standard InChI is InChI=1S/C22H25N3O4S2/c1-2-30-17-5-7-18(8-6-17)31(28,29)25-12-9-16(10-13-25)20-14-24(15-21(26)27)22-19(20)4-3-11-23-22/h3-8,11,14,16H,2,9-10,12-13,15H2,1H3,(H,26,27). The van der Waals surface area contributed by atoms with Crippen LogP contribution >= 0.6 is 11.8 Å². The Labute approximate surface area is 186 Å². The first kappa shape index (κ1) is 21.9. The summed E-state index contributed by atoms with van der Waals surface area (Å²) >= 11 is 1.68. The van der Waals surface area contributed by atoms with E-state index in [4.69, 9.17) is 0 Å². The molecule has 0 saturated carbocycles. The maximum Gasteiger partial charge on any atom is 0.323 e. The number of thioether (sulfide) groups is 1. The monoisotopic (exact) mass is 459 g/mol. The molecule has 0 spiro atoms. The van der Waals surface area contributed by atoms with Crippen molar-refractivity contribution in [3.63, 3.8) is 0 Å². The van der Waals surface area contributed by atoms with E-state index >= 15 is 0 Å². The molecule has 0 unspecified atom stereocenters. The Morgan fingerprint density at radius 3 is 2.55 bits per heavy atom. The highest BCUT2D eigenvalue weighted by Gasteiger charge is 2.31. The molecule has 9 heteroatoms. The number of carbonyl (C=O) groups is 1. The summed E-state index contributed by atoms with van der Waals surface area (Å²) in [4.78, 5) is 17.0. The van der Waals surface area contributed by atoms with Gasteiger partial charge in [-0.25, -0.2) is 13.4 Å². The van der Waals surface area contributed by atoms with Crippen LogP contribution in [0.5, 0.6) is 0 Å². The number of carboxylic acid groups (broad SMARTS) is 1. The zero-order valence-electron chi connectivity index (χ0n) is 17.3. The van der Waals surface area contributed by atoms with Gasteiger partial charge in [-0.2, -0.15) is 4.31 Å². The predicted molar refractivity (Wildman–Crippen MR) is 121 cm³/mol. The van der Waals surface area contributed by atoms with Crippen LogP contribution in [-0.2, 0) is 21.4 Å². The number of nitrogens with zero attached hydrogens (tertiary/aromatic N) is 3. The smallest absolute Gasteiger partial charge is 0.323 e. The molecule has 1 aromatic carbocycles. The lowest BCUT2D eigenvalue weighted by molar-refractivity contribution is -0.137. The minimum absolute atomic E-state index is 0.146. The van der Waals surface area contributed by atoms with Crippen LogP contribution < -0.4 is 0 Å². The quantitative estimate of drug-likeness (QED) is 0.540. The summed E-state index contributed by atoms with van der Waals surface area (Å²) in [5, 5.41) is 10.1. The average Bonchev–Trinajstić information content (AvgIpc) is 3.12. The summed E-state index contributed by atoms with van der Waals surface area (Å²) in [7, 11) is -3.52. The van der Waals surface area contributed by atoms with Crippen LogP contribution in [0.4, 0.5) is 0 Å². The van der Waals surface area contributed by atoms with Gasteiger partial charge in [0.25, 0.3) is 0 Å². The first-order chi connectivity index (χ1) is 14.9. The highest BCUT2D eigenvalue weighted by molar-refractivity contribution is 7.99. The van der Waals surface area contributed by atoms with Crippen molar-refractivity contribution in [3.05, 3.63) is 54.4 Å². The maximum absolute atomic E-state index is 13.1. The number of pyridine rings is 1. The number of aliphatic carboxylic acids is 1. The first-order valence-electron chi connectivity index (χ1n) is 10.3. The van der Waals surface area contributed by atoms with Crippen LogP contribution in [0.15, 0.2) is 58.6 Å². The van der Waals surface area contributed by atoms with Crippen molar-refractivity contribution in [2.45, 2.75) is 42.0 Å². The van der Waals surface area contributed by atoms with E-state index in [9.17, 15) is 18.3 Å². The van der Waals surface area contributed by atoms with Gasteiger partial charge in [0.05, 0.1) is 4.90 Å². The molecular formula is C22H25N3O4S2. The van der Waals surface area contributed by atoms with Gasteiger partial charge in [0, 0.05) is 35.8 Å². The van der Waals surface area contributed by atoms with Crippen molar-refractivity contribution in [1.82, 2.24) is 13.9 Å². The van der Waals surface area contributed by atoms with Crippen molar-refractivity contribution in [3.8, 4) is 0 Å². The van der Waals surface area contributed by atoms with E-state index in [2.05, 4.69) is 11.9 Å². The number of piperidine rings is 1. The van der Waals surface area contributed by atoms with E-state index in [-0.39, 0.29) is 12.5 Å². The molecule has 1 aliphatic rings. The molecule has 0 bridgehead atoms. The third-order valence-electron chi connectivity index (χ3n) is 5.64. The van der Waals surface area contributed by atoms with Gasteiger partial charge in [0.2, 0.25) is 10.0 Å². The average molecular weight is 460 g/mol. The number of carboxylic acids is 1. The molecule has 0 amide bonds. The Balaban J connectivity index is 1.51. The predicted octanol–water partition coefficient (Wildman–Crippen LogP) is 3.80. The largest absolute Gasteiger partial charge is 0.480 e. The summed E-state index contributed by atoms with van der Waals surface area (Å²) < 4.78 is 29.4. The third-order valence-corrected chi connectivity index (χ3v) is 8.44. The van der Waals surface area contributed by atoms with E-state index in [1.54, 1.807) is 39.0 Å². The van der Waals surface area contributed by atoms with Crippen molar-refractivity contribution < 1.29 is 18.3 Å². The van der Waals surface area contributed by atoms with Gasteiger partial charge in [0.1, 0.15) is 12.2 Å². The van der Waals surface area contributed by atoms with Gasteiger partial charge in [0.15, 0.2) is 0 Å². The van der Waals surface area contributed by atoms with Crippen LogP contribution in [0.2, 0.25) is 0 Å². The molecule has 1 aliphatic heterocycles. The van der Waals surface area contributed by atoms with Crippen molar-refractivity contribution in [2.24, 2.45) is 0 Å². The van der Waals surface area contributed by atoms with Crippen LogP contribution in [0, 0.1) is 0 Å². The first-order valence-corrected chi connectivity index (χ1v) is 12.7. The Morgan fingerprint density at radius 1 is 1.19 bits per heavy atom. The van der Waals surface area contributed by atoms with Gasteiger partial charge >= 0.3 is 5.97 Å². The maximum atomic E-state index is 13.1. The highest BCUT2D eigenvalue weighted by atomic mass is 32.2. The van der Waals surface area contributed by atoms with Gasteiger partial charge in [-0.3, -0.25) is 4.79 Å². The van der Waals surface area contributed by atoms with Crippen molar-refractivity contribution in [2.75, 3.05) is 18.8 Å². The molecule has 0 aliphatic carbocycles. The van der Waals surface area contributed by atoms with Gasteiger partial charge in [-0.15, -0.1) is 11.8 Å². The topological polar surface area (TPSA) is 92.5 Å². The van der Waals surface area contributed by atoms with Gasteiger partial charge in [-0.1, -0.05) is 6.92 Å². The fraction of sp³-hybridized carbons (Fsp3) is 0.364. The number of sulfonamides is 1. The van der Waals surface area contributed by atoms with Crippen LogP contribution in [0.25, 0.3) is 11.0 Å². The minimum atomic E-state index is -3.52. The van der Waals surface area contributed by atoms with Crippen LogP contribution in [-0.4, -0.2) is 52.2 Å². The fourth-order valence-corrected chi connectivity index (χ4v) is 6.30. The molecule has 4 rings (SSSR count). The summed E-state index contributed by atoms with van der Waals surface area (Å²) in [5.74, 6) is 0.188. The van der Waals surface area contributed by atoms with Crippen molar-refractivity contribution in [1.29, 1.82) is 0 Å². The molecule has 1 saturated heterocycles. The zero-order valence-corrected chi connectivity index (χ0v) is 18.9. The van der Waals surface area contributed by atoms with Gasteiger partial charge < -0.3 is 9.67 Å². The Kier molecular flexibility index (Phi) is 6.36. The summed E-state index contributed by atoms with van der Waals surface area (Å²) in [6.07, 6.45) is 4.89. The molecule has 0 atom stereocenters. The lowest BCUT2D eigenvalue weighted by Crippen LogP contribution is -2.37. The summed E-state index contributed by atoms with van der Waals surface area (Å²) in [6.45, 7) is 2.79. The lowest BCUT2D eigenvalue weighted by Gasteiger charge is -2.31. The second kappa shape index (κ2) is 9.02. The number of fused-ring (bicyclic) bond motifs is 1. The molecule has 2 aromatic heterocycles. The zero-order chi connectivity index (χ0) is 22.0. The van der Waals surface area contributed by atoms with E-state index in [0.29, 0.717) is 36.5 Å². The number of aromatic nitrogens is 2. The fourth-order valence-electron chi connectivity index (χ4n) is 4.17. The second-order valence-corrected chi connectivity index (χ2v) is 10.8. The van der Waals surface area contributed by atoms with E-state index < -0.39 is 16.0 Å². The van der Waals surface area contributed by atoms with E-state index in [1.807, 2.05) is 30.5 Å². The number of hydrogen-bond donors (Lipinski definition) is 1. The molecule has 7 nitrogen and oxygen atoms in total. The summed E-state index contributed by atoms with van der Waals surface area (Å²) in [5.41, 5.74) is 1.70. The Morgan fingerprint density at radius 2 is 1.90 bits per heavy atom. The second-order valence-electron chi connectivity index (χ2n) is 7.56. The van der Waals surface area contributed by atoms with E-state index in [0.717, 1.165) is 21.6 Å². The van der Waals surface area contributed by atoms with Crippen LogP contribution in [0.3, 0.4) is 0 Å². The highest BCUT2D eigenvalue weighted by Crippen LogP contribution is 2.35. The molecule has 31 heavy (non-hydrogen) atoms. The SMILES string of the molecule is CCSc1ccc(S(=O)(=O)N2CCC(c3cn(CC(=O)O)c4ncccc34)CC2)cc1. The molecular weight excluding hydrogens is 434 g/mol. The Hall–Kier alpha value is -2.36. The molecule has 3 heterocycles. The van der Waals surface area contributed by atoms with Crippen LogP contribution in [0.1, 0.15) is 31.2 Å². The normalized spacial score (nSPS) is 16.0. The molecule has 3 aromatic rings. The number of hydrogen-bond acceptors (Lipinski definition) is 5. The number of benzene rings is 1. The van der Waals surface area contributed by atoms with E-state index in [1.165, 1.54) is 0 Å². The summed E-state index contributed by atoms with van der Waals surface area (Å²) in [6, 6.07) is 10.9. The molecule has 164 valence electrons. The Bertz CT molecular complexity index is 1180. The number of rotatable bonds is 7. The third kappa shape index (κ3) is 4.49. The lowest BCUT2D eigenvalue weighted by atomic mass is 9.90. The molecule has 1 fully saturated rings. The van der Waals surface area contributed by atoms with Crippen molar-refractivity contribution >= 4 is 38.8 Å².